The van der Waals surface area contributed by atoms with Crippen molar-refractivity contribution in [3.63, 3.8) is 0 Å². The predicted octanol–water partition coefficient (Wildman–Crippen LogP) is 3.10. The number of anilines is 2. The third-order valence-corrected chi connectivity index (χ3v) is 4.43. The molecule has 1 aliphatic rings. The van der Waals surface area contributed by atoms with Gasteiger partial charge in [0.25, 0.3) is 0 Å². The van der Waals surface area contributed by atoms with Gasteiger partial charge in [0.15, 0.2) is 0 Å². The Balaban J connectivity index is 1.68. The summed E-state index contributed by atoms with van der Waals surface area (Å²) in [5.41, 5.74) is 9.03. The van der Waals surface area contributed by atoms with E-state index in [1.165, 1.54) is 32.4 Å². The van der Waals surface area contributed by atoms with Crippen LogP contribution in [0.3, 0.4) is 0 Å². The number of fused-ring (bicyclic) bond motifs is 1. The predicted molar refractivity (Wildman–Crippen MR) is 89.5 cm³/mol. The van der Waals surface area contributed by atoms with Crippen molar-refractivity contribution in [3.8, 4) is 0 Å². The van der Waals surface area contributed by atoms with Gasteiger partial charge in [-0.1, -0.05) is 6.42 Å². The Bertz CT molecular complexity index is 605. The first kappa shape index (κ1) is 14.1. The minimum Gasteiger partial charge on any atom is -0.397 e. The van der Waals surface area contributed by atoms with E-state index in [4.69, 9.17) is 5.73 Å². The van der Waals surface area contributed by atoms with E-state index in [1.807, 2.05) is 24.3 Å². The van der Waals surface area contributed by atoms with Gasteiger partial charge in [0.05, 0.1) is 16.9 Å². The Hall–Kier alpha value is -1.81. The number of rotatable bonds is 4. The second-order valence-electron chi connectivity index (χ2n) is 5.92. The van der Waals surface area contributed by atoms with E-state index in [0.29, 0.717) is 6.04 Å². The first-order chi connectivity index (χ1) is 10.3. The van der Waals surface area contributed by atoms with Crippen molar-refractivity contribution in [2.75, 3.05) is 30.7 Å². The molecule has 3 rings (SSSR count). The molecule has 0 radical (unpaired) electrons. The molecule has 0 spiro atoms. The molecule has 1 aromatic heterocycles. The van der Waals surface area contributed by atoms with Gasteiger partial charge in [0, 0.05) is 24.2 Å². The fraction of sp³-hybridized carbons (Fsp3) is 0.471. The van der Waals surface area contributed by atoms with Crippen molar-refractivity contribution in [3.05, 3.63) is 30.5 Å². The highest BCUT2D eigenvalue weighted by Gasteiger charge is 2.16. The molecule has 2 heterocycles. The molecule has 1 saturated heterocycles. The van der Waals surface area contributed by atoms with Crippen molar-refractivity contribution >= 4 is 22.3 Å². The number of nitrogens with two attached hydrogens (primary N) is 1. The van der Waals surface area contributed by atoms with Crippen molar-refractivity contribution in [2.24, 2.45) is 0 Å². The summed E-state index contributed by atoms with van der Waals surface area (Å²) >= 11 is 0. The van der Waals surface area contributed by atoms with Gasteiger partial charge in [-0.3, -0.25) is 9.88 Å². The summed E-state index contributed by atoms with van der Waals surface area (Å²) in [5.74, 6) is 0. The number of piperidine rings is 1. The number of hydrogen-bond acceptors (Lipinski definition) is 4. The lowest BCUT2D eigenvalue weighted by atomic mass is 10.1. The monoisotopic (exact) mass is 284 g/mol. The first-order valence-corrected chi connectivity index (χ1v) is 7.87. The normalized spacial score (nSPS) is 17.8. The maximum absolute atomic E-state index is 6.27. The molecule has 1 atom stereocenters. The number of hydrogen-bond donors (Lipinski definition) is 2. The van der Waals surface area contributed by atoms with Gasteiger partial charge in [-0.15, -0.1) is 0 Å². The molecule has 1 fully saturated rings. The van der Waals surface area contributed by atoms with Crippen LogP contribution in [0.2, 0.25) is 0 Å². The smallest absolute Gasteiger partial charge is 0.0724 e. The van der Waals surface area contributed by atoms with Gasteiger partial charge in [-0.25, -0.2) is 0 Å². The van der Waals surface area contributed by atoms with E-state index in [-0.39, 0.29) is 0 Å². The lowest BCUT2D eigenvalue weighted by molar-refractivity contribution is 0.180. The minimum absolute atomic E-state index is 0.536. The van der Waals surface area contributed by atoms with Crippen LogP contribution in [0.4, 0.5) is 11.4 Å². The molecular formula is C17H24N4. The molecule has 0 bridgehead atoms. The maximum Gasteiger partial charge on any atom is 0.0724 e. The van der Waals surface area contributed by atoms with Crippen molar-refractivity contribution in [1.29, 1.82) is 0 Å². The van der Waals surface area contributed by atoms with Crippen LogP contribution >= 0.6 is 0 Å². The quantitative estimate of drug-likeness (QED) is 0.847. The van der Waals surface area contributed by atoms with E-state index in [1.54, 1.807) is 6.20 Å². The number of nitrogens with zero attached hydrogens (tertiary/aromatic N) is 2. The van der Waals surface area contributed by atoms with Gasteiger partial charge in [-0.05, 0) is 57.1 Å². The fourth-order valence-electron chi connectivity index (χ4n) is 3.08. The third kappa shape index (κ3) is 3.10. The van der Waals surface area contributed by atoms with Gasteiger partial charge < -0.3 is 11.1 Å². The van der Waals surface area contributed by atoms with Gasteiger partial charge >= 0.3 is 0 Å². The molecule has 1 aromatic carbocycles. The minimum atomic E-state index is 0.536. The Morgan fingerprint density at radius 2 is 2.05 bits per heavy atom. The molecule has 1 aliphatic heterocycles. The molecular weight excluding hydrogens is 260 g/mol. The Morgan fingerprint density at radius 1 is 1.24 bits per heavy atom. The number of benzene rings is 1. The summed E-state index contributed by atoms with van der Waals surface area (Å²) in [7, 11) is 0. The lowest BCUT2D eigenvalue weighted by Crippen LogP contribution is -2.41. The maximum atomic E-state index is 6.27. The standard InChI is InChI=1S/C17H24N4/c1-13(21-10-3-2-4-11-21)12-20-16-8-7-15-14(17(16)18)6-5-9-19-15/h5-9,13,20H,2-4,10-12,18H2,1H3. The zero-order chi connectivity index (χ0) is 14.7. The molecule has 0 saturated carbocycles. The van der Waals surface area contributed by atoms with Gasteiger partial charge in [-0.2, -0.15) is 0 Å². The second-order valence-corrected chi connectivity index (χ2v) is 5.92. The van der Waals surface area contributed by atoms with E-state index in [0.717, 1.165) is 28.8 Å². The summed E-state index contributed by atoms with van der Waals surface area (Å²) in [5, 5.41) is 4.53. The van der Waals surface area contributed by atoms with Crippen LogP contribution in [0.15, 0.2) is 30.5 Å². The Labute approximate surface area is 126 Å². The fourth-order valence-corrected chi connectivity index (χ4v) is 3.08. The average molecular weight is 284 g/mol. The highest BCUT2D eigenvalue weighted by atomic mass is 15.2. The largest absolute Gasteiger partial charge is 0.397 e. The van der Waals surface area contributed by atoms with Crippen molar-refractivity contribution in [2.45, 2.75) is 32.2 Å². The van der Waals surface area contributed by atoms with E-state index in [2.05, 4.69) is 22.1 Å². The summed E-state index contributed by atoms with van der Waals surface area (Å²) in [6, 6.07) is 8.55. The number of pyridine rings is 1. The van der Waals surface area contributed by atoms with E-state index >= 15 is 0 Å². The van der Waals surface area contributed by atoms with Crippen molar-refractivity contribution in [1.82, 2.24) is 9.88 Å². The van der Waals surface area contributed by atoms with Crippen LogP contribution in [-0.2, 0) is 0 Å². The highest BCUT2D eigenvalue weighted by Crippen LogP contribution is 2.27. The third-order valence-electron chi connectivity index (χ3n) is 4.43. The average Bonchev–Trinajstić information content (AvgIpc) is 2.55. The number of aromatic nitrogens is 1. The van der Waals surface area contributed by atoms with Crippen LogP contribution in [0.25, 0.3) is 10.9 Å². The number of nitrogens with one attached hydrogen (secondary N) is 1. The van der Waals surface area contributed by atoms with Crippen LogP contribution in [0.5, 0.6) is 0 Å². The highest BCUT2D eigenvalue weighted by molar-refractivity contribution is 5.96. The summed E-state index contributed by atoms with van der Waals surface area (Å²) in [4.78, 5) is 6.90. The molecule has 4 nitrogen and oxygen atoms in total. The van der Waals surface area contributed by atoms with Gasteiger partial charge in [0.2, 0.25) is 0 Å². The molecule has 2 aromatic rings. The molecule has 0 amide bonds. The van der Waals surface area contributed by atoms with Crippen LogP contribution < -0.4 is 11.1 Å². The molecule has 3 N–H and O–H groups in total. The Kier molecular flexibility index (Phi) is 4.25. The van der Waals surface area contributed by atoms with E-state index in [9.17, 15) is 0 Å². The number of likely N-dealkylation sites (tertiary alicyclic amines) is 1. The number of nitrogen functional groups attached to an aromatic ring is 1. The van der Waals surface area contributed by atoms with Crippen LogP contribution in [0.1, 0.15) is 26.2 Å². The molecule has 0 aliphatic carbocycles. The molecule has 4 heteroatoms. The summed E-state index contributed by atoms with van der Waals surface area (Å²) < 4.78 is 0. The second kappa shape index (κ2) is 6.31. The van der Waals surface area contributed by atoms with Crippen LogP contribution in [-0.4, -0.2) is 35.6 Å². The van der Waals surface area contributed by atoms with E-state index < -0.39 is 0 Å². The molecule has 112 valence electrons. The SMILES string of the molecule is CC(CNc1ccc2ncccc2c1N)N1CCCCC1. The summed E-state index contributed by atoms with van der Waals surface area (Å²) in [6.45, 7) is 5.66. The van der Waals surface area contributed by atoms with Gasteiger partial charge in [0.1, 0.15) is 0 Å². The Morgan fingerprint density at radius 3 is 2.86 bits per heavy atom. The van der Waals surface area contributed by atoms with Crippen LogP contribution in [0, 0.1) is 0 Å². The zero-order valence-corrected chi connectivity index (χ0v) is 12.7. The molecule has 1 unspecified atom stereocenters. The lowest BCUT2D eigenvalue weighted by Gasteiger charge is -2.32. The molecule has 21 heavy (non-hydrogen) atoms. The zero-order valence-electron chi connectivity index (χ0n) is 12.7. The topological polar surface area (TPSA) is 54.2 Å². The first-order valence-electron chi connectivity index (χ1n) is 7.87. The van der Waals surface area contributed by atoms with Crippen molar-refractivity contribution < 1.29 is 0 Å². The summed E-state index contributed by atoms with van der Waals surface area (Å²) in [6.07, 6.45) is 5.83.